The Hall–Kier alpha value is 0.327. The summed E-state index contributed by atoms with van der Waals surface area (Å²) >= 11 is 0. The largest absolute Gasteiger partial charge is 0.462 e. The number of phosphoric ester groups is 1. The fraction of sp³-hybridized carbons (Fsp3) is 1.00. The quantitative estimate of drug-likeness (QED) is 0.554. The molecule has 6 heteroatoms. The summed E-state index contributed by atoms with van der Waals surface area (Å²) in [5.74, 6) is 0. The second-order valence-corrected chi connectivity index (χ2v) is 9.24. The lowest BCUT2D eigenvalue weighted by Crippen LogP contribution is -2.24. The molecule has 0 rings (SSSR count). The Morgan fingerprint density at radius 2 is 1.91 bits per heavy atom. The number of phosphoric acid groups is 1. The van der Waals surface area contributed by atoms with Crippen LogP contribution in [0.2, 0.25) is 19.6 Å². The molecule has 11 heavy (non-hydrogen) atoms. The van der Waals surface area contributed by atoms with Gasteiger partial charge in [0.1, 0.15) is 0 Å². The Kier molecular flexibility index (Phi) is 3.94. The van der Waals surface area contributed by atoms with E-state index in [1.54, 1.807) is 6.92 Å². The van der Waals surface area contributed by atoms with Crippen LogP contribution in [0.25, 0.3) is 0 Å². The van der Waals surface area contributed by atoms with Gasteiger partial charge in [-0.15, -0.1) is 0 Å². The minimum Gasteiger partial charge on any atom is -0.330 e. The number of hydrogen-bond donors (Lipinski definition) is 1. The molecule has 0 aliphatic heterocycles. The lowest BCUT2D eigenvalue weighted by atomic mass is 10.9. The fourth-order valence-corrected chi connectivity index (χ4v) is 3.84. The van der Waals surface area contributed by atoms with Gasteiger partial charge in [-0.25, -0.2) is 4.57 Å². The van der Waals surface area contributed by atoms with Crippen molar-refractivity contribution >= 4 is 16.1 Å². The third kappa shape index (κ3) is 6.71. The smallest absolute Gasteiger partial charge is 0.330 e. The van der Waals surface area contributed by atoms with Gasteiger partial charge in [0.25, 0.3) is 0 Å². The highest BCUT2D eigenvalue weighted by molar-refractivity contribution is 7.49. The van der Waals surface area contributed by atoms with Gasteiger partial charge in [0.05, 0.1) is 6.61 Å². The Balaban J connectivity index is 4.03. The molecule has 0 aromatic carbocycles. The Bertz CT molecular complexity index is 164. The highest BCUT2D eigenvalue weighted by atomic mass is 31.2. The summed E-state index contributed by atoms with van der Waals surface area (Å²) in [4.78, 5) is 9.00. The number of hydrogen-bond acceptors (Lipinski definition) is 3. The van der Waals surface area contributed by atoms with Crippen LogP contribution in [0.5, 0.6) is 0 Å². The minimum absolute atomic E-state index is 0.193. The van der Waals surface area contributed by atoms with Gasteiger partial charge in [0.15, 0.2) is 8.32 Å². The molecular formula is C5H15O4PSi. The van der Waals surface area contributed by atoms with Crippen molar-refractivity contribution in [1.82, 2.24) is 0 Å². The van der Waals surface area contributed by atoms with Crippen LogP contribution in [-0.4, -0.2) is 19.8 Å². The first-order chi connectivity index (χ1) is 4.77. The Morgan fingerprint density at radius 1 is 1.45 bits per heavy atom. The van der Waals surface area contributed by atoms with Crippen LogP contribution in [0.3, 0.4) is 0 Å². The van der Waals surface area contributed by atoms with Gasteiger partial charge in [-0.2, -0.15) is 0 Å². The molecule has 0 saturated carbocycles. The molecule has 1 N–H and O–H groups in total. The van der Waals surface area contributed by atoms with E-state index in [-0.39, 0.29) is 6.61 Å². The summed E-state index contributed by atoms with van der Waals surface area (Å²) in [7, 11) is -5.72. The van der Waals surface area contributed by atoms with Crippen LogP contribution in [0, 0.1) is 0 Å². The molecule has 68 valence electrons. The van der Waals surface area contributed by atoms with E-state index in [1.165, 1.54) is 0 Å². The molecule has 0 aromatic heterocycles. The van der Waals surface area contributed by atoms with E-state index in [2.05, 4.69) is 4.52 Å². The van der Waals surface area contributed by atoms with Crippen LogP contribution in [0.4, 0.5) is 0 Å². The summed E-state index contributed by atoms with van der Waals surface area (Å²) < 4.78 is 20.4. The maximum absolute atomic E-state index is 11.0. The predicted octanol–water partition coefficient (Wildman–Crippen LogP) is 1.97. The topological polar surface area (TPSA) is 55.8 Å². The fourth-order valence-electron chi connectivity index (χ4n) is 0.536. The molecule has 0 saturated heterocycles. The standard InChI is InChI=1S/C5H15O4PSi/c1-5-8-10(6,7)9-11(2,3)4/h5H2,1-4H3,(H,6,7). The van der Waals surface area contributed by atoms with E-state index < -0.39 is 16.1 Å². The SMILES string of the molecule is CCOP(=O)(O)O[Si](C)(C)C. The van der Waals surface area contributed by atoms with Crippen molar-refractivity contribution in [1.29, 1.82) is 0 Å². The van der Waals surface area contributed by atoms with Crippen LogP contribution in [0.15, 0.2) is 0 Å². The molecule has 0 heterocycles. The lowest BCUT2D eigenvalue weighted by molar-refractivity contribution is 0.211. The summed E-state index contributed by atoms with van der Waals surface area (Å²) in [6, 6.07) is 0. The molecule has 0 fully saturated rings. The molecule has 0 aliphatic carbocycles. The van der Waals surface area contributed by atoms with E-state index in [9.17, 15) is 4.57 Å². The lowest BCUT2D eigenvalue weighted by Gasteiger charge is -2.20. The average Bonchev–Trinajstić information content (AvgIpc) is 1.55. The summed E-state index contributed by atoms with van der Waals surface area (Å²) in [5, 5.41) is 0. The second kappa shape index (κ2) is 3.82. The first kappa shape index (κ1) is 11.3. The second-order valence-electron chi connectivity index (χ2n) is 3.09. The average molecular weight is 198 g/mol. The van der Waals surface area contributed by atoms with E-state index in [0.29, 0.717) is 0 Å². The van der Waals surface area contributed by atoms with Gasteiger partial charge in [0, 0.05) is 0 Å². The highest BCUT2D eigenvalue weighted by Crippen LogP contribution is 2.45. The molecule has 1 atom stereocenters. The van der Waals surface area contributed by atoms with Crippen molar-refractivity contribution in [3.63, 3.8) is 0 Å². The van der Waals surface area contributed by atoms with E-state index in [0.717, 1.165) is 0 Å². The highest BCUT2D eigenvalue weighted by Gasteiger charge is 2.29. The van der Waals surface area contributed by atoms with Crippen molar-refractivity contribution in [2.45, 2.75) is 26.6 Å². The minimum atomic E-state index is -3.75. The Morgan fingerprint density at radius 3 is 2.18 bits per heavy atom. The molecule has 4 nitrogen and oxygen atoms in total. The van der Waals surface area contributed by atoms with Crippen molar-refractivity contribution in [2.75, 3.05) is 6.61 Å². The van der Waals surface area contributed by atoms with Crippen LogP contribution in [-0.2, 0) is 13.3 Å². The van der Waals surface area contributed by atoms with Crippen molar-refractivity contribution in [3.05, 3.63) is 0 Å². The molecule has 0 aromatic rings. The molecule has 0 bridgehead atoms. The van der Waals surface area contributed by atoms with Gasteiger partial charge in [-0.1, -0.05) is 0 Å². The maximum atomic E-state index is 11.0. The van der Waals surface area contributed by atoms with Gasteiger partial charge >= 0.3 is 7.82 Å². The maximum Gasteiger partial charge on any atom is 0.462 e. The first-order valence-electron chi connectivity index (χ1n) is 3.45. The molecule has 0 aliphatic rings. The molecule has 0 spiro atoms. The van der Waals surface area contributed by atoms with Crippen LogP contribution < -0.4 is 0 Å². The molecular weight excluding hydrogens is 183 g/mol. The third-order valence-corrected chi connectivity index (χ3v) is 4.38. The zero-order chi connectivity index (χ0) is 9.12. The monoisotopic (exact) mass is 198 g/mol. The summed E-state index contributed by atoms with van der Waals surface area (Å²) in [5.41, 5.74) is 0. The Labute approximate surface area is 68.3 Å². The number of rotatable bonds is 4. The van der Waals surface area contributed by atoms with Gasteiger partial charge < -0.3 is 9.11 Å². The summed E-state index contributed by atoms with van der Waals surface area (Å²) in [6.45, 7) is 7.33. The van der Waals surface area contributed by atoms with Crippen molar-refractivity contribution in [3.8, 4) is 0 Å². The zero-order valence-electron chi connectivity index (χ0n) is 7.33. The molecule has 0 radical (unpaired) electrons. The van der Waals surface area contributed by atoms with Gasteiger partial charge in [-0.05, 0) is 26.6 Å². The normalized spacial score (nSPS) is 17.9. The van der Waals surface area contributed by atoms with Crippen molar-refractivity contribution in [2.24, 2.45) is 0 Å². The van der Waals surface area contributed by atoms with Crippen LogP contribution >= 0.6 is 7.82 Å². The van der Waals surface area contributed by atoms with E-state index >= 15 is 0 Å². The zero-order valence-corrected chi connectivity index (χ0v) is 9.22. The van der Waals surface area contributed by atoms with E-state index in [4.69, 9.17) is 9.11 Å². The first-order valence-corrected chi connectivity index (χ1v) is 8.35. The van der Waals surface area contributed by atoms with Gasteiger partial charge in [0.2, 0.25) is 0 Å². The van der Waals surface area contributed by atoms with Crippen molar-refractivity contribution < 1.29 is 18.2 Å². The van der Waals surface area contributed by atoms with Gasteiger partial charge in [-0.3, -0.25) is 4.52 Å². The summed E-state index contributed by atoms with van der Waals surface area (Å²) in [6.07, 6.45) is 0. The molecule has 1 unspecified atom stereocenters. The molecule has 0 amide bonds. The predicted molar refractivity (Wildman–Crippen MR) is 45.9 cm³/mol. The van der Waals surface area contributed by atoms with Crippen LogP contribution in [0.1, 0.15) is 6.92 Å². The third-order valence-electron chi connectivity index (χ3n) is 0.681. The van der Waals surface area contributed by atoms with E-state index in [1.807, 2.05) is 19.6 Å².